The van der Waals surface area contributed by atoms with Gasteiger partial charge in [0.05, 0.1) is 6.85 Å². The highest BCUT2D eigenvalue weighted by molar-refractivity contribution is 6.25. The second kappa shape index (κ2) is 9.93. The molecule has 0 heteroatoms. The van der Waals surface area contributed by atoms with Crippen molar-refractivity contribution in [3.05, 3.63) is 170 Å². The summed E-state index contributed by atoms with van der Waals surface area (Å²) in [5, 5.41) is 10.6. The number of benzene rings is 9. The number of hydrogen-bond acceptors (Lipinski definition) is 0. The molecule has 0 heterocycles. The first-order valence-electron chi connectivity index (χ1n) is 17.4. The fourth-order valence-electron chi connectivity index (χ4n) is 7.03. The lowest BCUT2D eigenvalue weighted by atomic mass is 9.83. The van der Waals surface area contributed by atoms with Gasteiger partial charge in [-0.15, -0.1) is 0 Å². The van der Waals surface area contributed by atoms with E-state index in [0.29, 0.717) is 5.56 Å². The molecule has 9 aromatic carbocycles. The van der Waals surface area contributed by atoms with Crippen LogP contribution in [-0.2, 0) is 0 Å². The van der Waals surface area contributed by atoms with Gasteiger partial charge in [-0.2, -0.15) is 0 Å². The van der Waals surface area contributed by atoms with E-state index >= 15 is 0 Å². The third-order valence-electron chi connectivity index (χ3n) is 8.91. The van der Waals surface area contributed by atoms with Crippen molar-refractivity contribution < 1.29 is 6.85 Å². The molecule has 0 aliphatic carbocycles. The van der Waals surface area contributed by atoms with Crippen molar-refractivity contribution in [1.29, 1.82) is 0 Å². The van der Waals surface area contributed by atoms with Crippen LogP contribution in [-0.4, -0.2) is 0 Å². The monoisotopic (exact) mass is 561 g/mol. The van der Waals surface area contributed by atoms with E-state index in [9.17, 15) is 0 Å². The zero-order chi connectivity index (χ0) is 33.4. The van der Waals surface area contributed by atoms with Gasteiger partial charge in [0.15, 0.2) is 0 Å². The number of rotatable bonds is 3. The van der Waals surface area contributed by atoms with Gasteiger partial charge in [0, 0.05) is 0 Å². The maximum atomic E-state index is 8.91. The fraction of sp³-hybridized carbons (Fsp3) is 0. The molecule has 0 spiro atoms. The van der Waals surface area contributed by atoms with E-state index in [1.54, 1.807) is 0 Å². The lowest BCUT2D eigenvalue weighted by molar-refractivity contribution is 1.66. The van der Waals surface area contributed by atoms with Gasteiger partial charge in [-0.25, -0.2) is 0 Å². The van der Waals surface area contributed by atoms with Crippen LogP contribution in [0.1, 0.15) is 6.85 Å². The third kappa shape index (κ3) is 3.78. The molecule has 0 radical (unpaired) electrons. The maximum Gasteiger partial charge on any atom is 0.0629 e. The summed E-state index contributed by atoms with van der Waals surface area (Å²) in [4.78, 5) is 0. The summed E-state index contributed by atoms with van der Waals surface area (Å²) in [7, 11) is 0. The highest BCUT2D eigenvalue weighted by Gasteiger charge is 2.19. The van der Waals surface area contributed by atoms with Crippen LogP contribution in [0.3, 0.4) is 0 Å². The molecule has 0 aliphatic rings. The Morgan fingerprint density at radius 1 is 0.318 bits per heavy atom. The van der Waals surface area contributed by atoms with E-state index in [1.807, 2.05) is 36.4 Å². The summed E-state index contributed by atoms with van der Waals surface area (Å²) >= 11 is 0. The van der Waals surface area contributed by atoms with Crippen LogP contribution in [0.15, 0.2) is 170 Å². The maximum absolute atomic E-state index is 8.91. The summed E-state index contributed by atoms with van der Waals surface area (Å²) in [5.41, 5.74) is 5.34. The van der Waals surface area contributed by atoms with Crippen molar-refractivity contribution in [2.24, 2.45) is 0 Å². The highest BCUT2D eigenvalue weighted by Crippen LogP contribution is 2.46. The Bertz CT molecular complexity index is 2740. The minimum Gasteiger partial charge on any atom is -0.0622 e. The van der Waals surface area contributed by atoms with E-state index in [2.05, 4.69) is 103 Å². The molecular weight excluding hydrogens is 528 g/mol. The predicted molar refractivity (Wildman–Crippen MR) is 190 cm³/mol. The van der Waals surface area contributed by atoms with Crippen LogP contribution in [0.5, 0.6) is 0 Å². The minimum atomic E-state index is -0.394. The molecule has 0 fully saturated rings. The Morgan fingerprint density at radius 2 is 0.886 bits per heavy atom. The first-order chi connectivity index (χ1) is 23.9. The molecule has 204 valence electrons. The molecule has 9 rings (SSSR count). The summed E-state index contributed by atoms with van der Waals surface area (Å²) in [6.07, 6.45) is 0. The molecule has 0 N–H and O–H groups in total. The fourth-order valence-corrected chi connectivity index (χ4v) is 7.03. The number of hydrogen-bond donors (Lipinski definition) is 0. The third-order valence-corrected chi connectivity index (χ3v) is 8.91. The van der Waals surface area contributed by atoms with E-state index in [-0.39, 0.29) is 29.7 Å². The Morgan fingerprint density at radius 3 is 1.59 bits per heavy atom. The van der Waals surface area contributed by atoms with Crippen LogP contribution < -0.4 is 0 Å². The Labute approximate surface area is 263 Å². The Balaban J connectivity index is 1.41. The largest absolute Gasteiger partial charge is 0.0629 e. The topological polar surface area (TPSA) is 0 Å². The van der Waals surface area contributed by atoms with Gasteiger partial charge in [-0.1, -0.05) is 158 Å². The van der Waals surface area contributed by atoms with Crippen LogP contribution in [0.4, 0.5) is 0 Å². The molecule has 0 aliphatic heterocycles. The summed E-state index contributed by atoms with van der Waals surface area (Å²) in [6.45, 7) is 0. The van der Waals surface area contributed by atoms with Crippen LogP contribution >= 0.6 is 0 Å². The van der Waals surface area contributed by atoms with Gasteiger partial charge in [0.2, 0.25) is 0 Å². The van der Waals surface area contributed by atoms with Gasteiger partial charge >= 0.3 is 0 Å². The van der Waals surface area contributed by atoms with Gasteiger partial charge in [0.1, 0.15) is 0 Å². The molecule has 0 aromatic heterocycles. The standard InChI is InChI=1S/C44H28/c1-2-14-30(15-3-1)43-38-20-8-10-22-40(38)44(41-23-11-9-21-39(41)43)42-28-32-27-31(25-26-35(32)36-18-6-7-19-37(36)42)34-24-12-16-29-13-4-5-17-33(29)34/h1-28H/i1D,2D,3D,14D,15D. The molecular formula is C44H28. The van der Waals surface area contributed by atoms with Crippen LogP contribution in [0, 0.1) is 0 Å². The molecule has 44 heavy (non-hydrogen) atoms. The normalized spacial score (nSPS) is 13.2. The first-order valence-corrected chi connectivity index (χ1v) is 14.9. The molecule has 0 saturated carbocycles. The lowest BCUT2D eigenvalue weighted by Crippen LogP contribution is -1.92. The second-order valence-corrected chi connectivity index (χ2v) is 11.3. The van der Waals surface area contributed by atoms with Crippen LogP contribution in [0.25, 0.3) is 87.2 Å². The minimum absolute atomic E-state index is 0.203. The molecule has 9 aromatic rings. The molecule has 0 bridgehead atoms. The van der Waals surface area contributed by atoms with Gasteiger partial charge in [-0.3, -0.25) is 0 Å². The number of fused-ring (bicyclic) bond motifs is 6. The zero-order valence-corrected chi connectivity index (χ0v) is 23.8. The molecule has 0 nitrogen and oxygen atoms in total. The molecule has 0 amide bonds. The molecule has 0 saturated heterocycles. The zero-order valence-electron chi connectivity index (χ0n) is 28.8. The van der Waals surface area contributed by atoms with Crippen molar-refractivity contribution >= 4 is 53.9 Å². The van der Waals surface area contributed by atoms with Gasteiger partial charge < -0.3 is 0 Å². The highest BCUT2D eigenvalue weighted by atomic mass is 14.2. The van der Waals surface area contributed by atoms with Crippen molar-refractivity contribution in [2.75, 3.05) is 0 Å². The van der Waals surface area contributed by atoms with Crippen molar-refractivity contribution in [1.82, 2.24) is 0 Å². The molecule has 0 atom stereocenters. The van der Waals surface area contributed by atoms with Crippen molar-refractivity contribution in [3.63, 3.8) is 0 Å². The van der Waals surface area contributed by atoms with E-state index in [4.69, 9.17) is 6.85 Å². The van der Waals surface area contributed by atoms with Crippen LogP contribution in [0.2, 0.25) is 0 Å². The quantitative estimate of drug-likeness (QED) is 0.149. The Kier molecular flexibility index (Phi) is 4.57. The van der Waals surface area contributed by atoms with Gasteiger partial charge in [0.25, 0.3) is 0 Å². The Hall–Kier alpha value is -5.72. The summed E-state index contributed by atoms with van der Waals surface area (Å²) < 4.78 is 43.0. The predicted octanol–water partition coefficient (Wildman–Crippen LogP) is 12.5. The second-order valence-electron chi connectivity index (χ2n) is 11.3. The SMILES string of the molecule is [2H]c1c([2H])c([2H])c(-c2c3ccccc3c(-c3cc4cc(-c5cccc6ccccc56)ccc4c4ccccc34)c3ccccc23)c([2H])c1[2H]. The average Bonchev–Trinajstić information content (AvgIpc) is 3.15. The summed E-state index contributed by atoms with van der Waals surface area (Å²) in [6, 6.07) is 47.1. The lowest BCUT2D eigenvalue weighted by Gasteiger charge is -2.20. The van der Waals surface area contributed by atoms with E-state index < -0.39 is 6.04 Å². The van der Waals surface area contributed by atoms with Crippen molar-refractivity contribution in [3.8, 4) is 33.4 Å². The summed E-state index contributed by atoms with van der Waals surface area (Å²) in [5.74, 6) is 0. The first kappa shape index (κ1) is 20.2. The smallest absolute Gasteiger partial charge is 0.0622 e. The van der Waals surface area contributed by atoms with Crippen molar-refractivity contribution in [2.45, 2.75) is 0 Å². The van der Waals surface area contributed by atoms with E-state index in [1.165, 1.54) is 21.7 Å². The van der Waals surface area contributed by atoms with E-state index in [0.717, 1.165) is 54.4 Å². The average molecular weight is 562 g/mol. The molecule has 0 unspecified atom stereocenters. The van der Waals surface area contributed by atoms with Gasteiger partial charge in [-0.05, 0) is 99.4 Å².